The Hall–Kier alpha value is -4.78. The summed E-state index contributed by atoms with van der Waals surface area (Å²) in [7, 11) is 1.23. The van der Waals surface area contributed by atoms with Crippen LogP contribution >= 0.6 is 0 Å². The van der Waals surface area contributed by atoms with Gasteiger partial charge in [0.25, 0.3) is 5.91 Å². The minimum Gasteiger partial charge on any atom is -0.479 e. The minimum absolute atomic E-state index is 0.0116. The molecule has 3 heterocycles. The van der Waals surface area contributed by atoms with Gasteiger partial charge in [-0.2, -0.15) is 5.26 Å². The molecule has 4 rings (SSSR count). The van der Waals surface area contributed by atoms with Gasteiger partial charge < -0.3 is 23.8 Å². The molecule has 1 saturated heterocycles. The van der Waals surface area contributed by atoms with Crippen LogP contribution in [0.2, 0.25) is 0 Å². The fourth-order valence-electron chi connectivity index (χ4n) is 3.84. The zero-order chi connectivity index (χ0) is 25.1. The first-order valence-electron chi connectivity index (χ1n) is 10.6. The lowest BCUT2D eigenvalue weighted by atomic mass is 10.2. The third-order valence-corrected chi connectivity index (χ3v) is 5.49. The van der Waals surface area contributed by atoms with E-state index in [0.29, 0.717) is 5.75 Å². The quantitative estimate of drug-likeness (QED) is 0.316. The number of nitrogens with zero attached hydrogens (tertiary/aromatic N) is 3. The van der Waals surface area contributed by atoms with Crippen LogP contribution in [0, 0.1) is 25.2 Å². The third kappa shape index (κ3) is 4.65. The maximum absolute atomic E-state index is 12.9. The first kappa shape index (κ1) is 23.4. The fraction of sp³-hybridized carbons (Fsp3) is 0.200. The van der Waals surface area contributed by atoms with Crippen molar-refractivity contribution in [1.82, 2.24) is 14.8 Å². The summed E-state index contributed by atoms with van der Waals surface area (Å²) in [5.41, 5.74) is 3.59. The lowest BCUT2D eigenvalue weighted by Crippen LogP contribution is -2.30. The van der Waals surface area contributed by atoms with Crippen molar-refractivity contribution >= 4 is 24.0 Å². The van der Waals surface area contributed by atoms with Gasteiger partial charge in [0, 0.05) is 17.1 Å². The van der Waals surface area contributed by atoms with Crippen LogP contribution in [0.15, 0.2) is 52.6 Å². The van der Waals surface area contributed by atoms with E-state index in [2.05, 4.69) is 10.1 Å². The number of aromatic nitrogens is 1. The Kier molecular flexibility index (Phi) is 6.42. The molecular formula is C25H22N4O6. The Labute approximate surface area is 200 Å². The lowest BCUT2D eigenvalue weighted by molar-refractivity contribution is -0.123. The molecule has 0 unspecified atom stereocenters. The Morgan fingerprint density at radius 2 is 1.91 bits per heavy atom. The number of benzene rings is 1. The number of aryl methyl sites for hydroxylation is 1. The lowest BCUT2D eigenvalue weighted by Gasteiger charge is -2.11. The van der Waals surface area contributed by atoms with E-state index < -0.39 is 17.9 Å². The minimum atomic E-state index is -0.645. The van der Waals surface area contributed by atoms with E-state index in [1.54, 1.807) is 18.2 Å². The first-order valence-corrected chi connectivity index (χ1v) is 10.6. The van der Waals surface area contributed by atoms with Crippen molar-refractivity contribution in [1.29, 1.82) is 5.26 Å². The molecule has 1 N–H and O–H groups in total. The summed E-state index contributed by atoms with van der Waals surface area (Å²) in [6.45, 7) is 3.70. The average molecular weight is 474 g/mol. The smallest absolute Gasteiger partial charge is 0.373 e. The number of methoxy groups -OCH3 is 1. The predicted octanol–water partition coefficient (Wildman–Crippen LogP) is 3.47. The molecule has 1 fully saturated rings. The van der Waals surface area contributed by atoms with Gasteiger partial charge in [0.1, 0.15) is 23.3 Å². The fourth-order valence-corrected chi connectivity index (χ4v) is 3.84. The molecule has 0 bridgehead atoms. The Morgan fingerprint density at radius 1 is 1.17 bits per heavy atom. The van der Waals surface area contributed by atoms with Gasteiger partial charge >= 0.3 is 12.0 Å². The van der Waals surface area contributed by atoms with Crippen molar-refractivity contribution in [3.05, 3.63) is 76.6 Å². The van der Waals surface area contributed by atoms with E-state index in [9.17, 15) is 14.4 Å². The molecule has 35 heavy (non-hydrogen) atoms. The number of imide groups is 1. The molecule has 3 amide bonds. The van der Waals surface area contributed by atoms with Crippen molar-refractivity contribution in [2.45, 2.75) is 20.4 Å². The predicted molar refractivity (Wildman–Crippen MR) is 123 cm³/mol. The maximum Gasteiger partial charge on any atom is 0.373 e. The highest BCUT2D eigenvalue weighted by Crippen LogP contribution is 2.26. The summed E-state index contributed by atoms with van der Waals surface area (Å²) >= 11 is 0. The van der Waals surface area contributed by atoms with E-state index in [1.807, 2.05) is 42.7 Å². The standard InChI is InChI=1S/C25H22N4O6/c1-15-12-17(16(2)29(15)18-4-6-19(7-5-18)34-11-10-26)13-21-23(30)28(25(32)27-21)14-20-8-9-22(35-20)24(31)33-3/h4-9,12-13H,11,14H2,1-3H3,(H,27,32). The van der Waals surface area contributed by atoms with Crippen molar-refractivity contribution < 1.29 is 28.3 Å². The van der Waals surface area contributed by atoms with Gasteiger partial charge in [0.05, 0.1) is 13.7 Å². The second kappa shape index (κ2) is 9.61. The highest BCUT2D eigenvalue weighted by molar-refractivity contribution is 6.13. The number of hydrogen-bond donors (Lipinski definition) is 1. The molecule has 0 atom stereocenters. The van der Waals surface area contributed by atoms with E-state index in [-0.39, 0.29) is 30.4 Å². The molecule has 0 spiro atoms. The van der Waals surface area contributed by atoms with E-state index in [4.69, 9.17) is 14.4 Å². The van der Waals surface area contributed by atoms with Crippen LogP contribution in [0.4, 0.5) is 4.79 Å². The van der Waals surface area contributed by atoms with Crippen LogP contribution in [0.3, 0.4) is 0 Å². The highest BCUT2D eigenvalue weighted by Gasteiger charge is 2.34. The maximum atomic E-state index is 12.9. The number of hydrogen-bond acceptors (Lipinski definition) is 7. The van der Waals surface area contributed by atoms with Gasteiger partial charge in [-0.1, -0.05) is 0 Å². The van der Waals surface area contributed by atoms with Gasteiger partial charge in [-0.15, -0.1) is 0 Å². The van der Waals surface area contributed by atoms with Gasteiger partial charge in [0.2, 0.25) is 5.76 Å². The molecule has 0 saturated carbocycles. The van der Waals surface area contributed by atoms with Crippen molar-refractivity contribution in [3.63, 3.8) is 0 Å². The van der Waals surface area contributed by atoms with Crippen LogP contribution in [0.25, 0.3) is 11.8 Å². The van der Waals surface area contributed by atoms with Crippen molar-refractivity contribution in [2.75, 3.05) is 13.7 Å². The second-order valence-electron chi connectivity index (χ2n) is 7.74. The summed E-state index contributed by atoms with van der Waals surface area (Å²) in [6, 6.07) is 13.5. The summed E-state index contributed by atoms with van der Waals surface area (Å²) < 4.78 is 17.3. The van der Waals surface area contributed by atoms with Gasteiger partial charge in [-0.25, -0.2) is 9.59 Å². The average Bonchev–Trinajstić information content (AvgIpc) is 3.51. The Bertz CT molecular complexity index is 1370. The number of rotatable bonds is 7. The van der Waals surface area contributed by atoms with E-state index >= 15 is 0 Å². The summed E-state index contributed by atoms with van der Waals surface area (Å²) in [5, 5.41) is 11.2. The summed E-state index contributed by atoms with van der Waals surface area (Å²) in [4.78, 5) is 37.9. The molecule has 178 valence electrons. The number of esters is 1. The third-order valence-electron chi connectivity index (χ3n) is 5.49. The zero-order valence-electron chi connectivity index (χ0n) is 19.3. The normalized spacial score (nSPS) is 14.2. The largest absolute Gasteiger partial charge is 0.479 e. The molecule has 10 heteroatoms. The zero-order valence-corrected chi connectivity index (χ0v) is 19.3. The number of amides is 3. The van der Waals surface area contributed by atoms with Crippen molar-refractivity contribution in [3.8, 4) is 17.5 Å². The first-order chi connectivity index (χ1) is 16.8. The molecular weight excluding hydrogens is 452 g/mol. The highest BCUT2D eigenvalue weighted by atomic mass is 16.5. The van der Waals surface area contributed by atoms with E-state index in [1.165, 1.54) is 19.2 Å². The molecule has 0 radical (unpaired) electrons. The van der Waals surface area contributed by atoms with Gasteiger partial charge in [-0.05, 0) is 68.0 Å². The summed E-state index contributed by atoms with van der Waals surface area (Å²) in [6.07, 6.45) is 1.63. The van der Waals surface area contributed by atoms with Gasteiger partial charge in [-0.3, -0.25) is 9.69 Å². The van der Waals surface area contributed by atoms with Crippen LogP contribution in [-0.4, -0.2) is 41.1 Å². The number of furan rings is 1. The molecule has 3 aromatic rings. The number of carbonyl (C=O) groups excluding carboxylic acids is 3. The van der Waals surface area contributed by atoms with E-state index in [0.717, 1.165) is 27.5 Å². The molecule has 2 aromatic heterocycles. The second-order valence-corrected chi connectivity index (χ2v) is 7.74. The number of nitrogens with one attached hydrogen (secondary N) is 1. The molecule has 10 nitrogen and oxygen atoms in total. The van der Waals surface area contributed by atoms with Gasteiger partial charge in [0.15, 0.2) is 6.61 Å². The number of urea groups is 1. The molecule has 1 aromatic carbocycles. The van der Waals surface area contributed by atoms with Crippen LogP contribution in [0.5, 0.6) is 5.75 Å². The Balaban J connectivity index is 1.54. The van der Waals surface area contributed by atoms with Crippen LogP contribution in [-0.2, 0) is 16.1 Å². The SMILES string of the molecule is COC(=O)c1ccc(CN2C(=O)NC(=Cc3cc(C)n(-c4ccc(OCC#N)cc4)c3C)C2=O)o1. The van der Waals surface area contributed by atoms with Crippen LogP contribution in [0.1, 0.15) is 33.3 Å². The number of carbonyl (C=O) groups is 3. The topological polar surface area (TPSA) is 127 Å². The monoisotopic (exact) mass is 474 g/mol. The van der Waals surface area contributed by atoms with Crippen molar-refractivity contribution in [2.24, 2.45) is 0 Å². The number of nitriles is 1. The van der Waals surface area contributed by atoms with Crippen LogP contribution < -0.4 is 10.1 Å². The Morgan fingerprint density at radius 3 is 2.60 bits per heavy atom. The number of ether oxygens (including phenoxy) is 2. The summed E-state index contributed by atoms with van der Waals surface area (Å²) in [5.74, 6) is -0.295. The molecule has 1 aliphatic rings. The molecule has 0 aliphatic carbocycles. The molecule has 1 aliphatic heterocycles.